The first kappa shape index (κ1) is 22.5. The van der Waals surface area contributed by atoms with Gasteiger partial charge < -0.3 is 15.5 Å². The van der Waals surface area contributed by atoms with Crippen molar-refractivity contribution in [3.05, 3.63) is 0 Å². The molecule has 1 amide bonds. The highest BCUT2D eigenvalue weighted by molar-refractivity contribution is 14.0. The first-order valence-electron chi connectivity index (χ1n) is 8.85. The summed E-state index contributed by atoms with van der Waals surface area (Å²) in [6.45, 7) is 4.40. The number of carbonyl (C=O) groups excluding carboxylic acids is 1. The van der Waals surface area contributed by atoms with E-state index >= 15 is 0 Å². The van der Waals surface area contributed by atoms with E-state index in [1.54, 1.807) is 19.0 Å². The summed E-state index contributed by atoms with van der Waals surface area (Å²) < 4.78 is 0. The molecule has 0 atom stereocenters. The van der Waals surface area contributed by atoms with Gasteiger partial charge in [0.1, 0.15) is 0 Å². The van der Waals surface area contributed by atoms with Crippen molar-refractivity contribution < 1.29 is 4.79 Å². The molecule has 1 aliphatic carbocycles. The van der Waals surface area contributed by atoms with Gasteiger partial charge in [-0.2, -0.15) is 0 Å². The molecule has 5 nitrogen and oxygen atoms in total. The third-order valence-electron chi connectivity index (χ3n) is 4.24. The van der Waals surface area contributed by atoms with Gasteiger partial charge in [-0.15, -0.1) is 24.0 Å². The van der Waals surface area contributed by atoms with Gasteiger partial charge in [-0.1, -0.05) is 38.5 Å². The predicted octanol–water partition coefficient (Wildman–Crippen LogP) is 3.00. The zero-order valence-corrected chi connectivity index (χ0v) is 17.4. The first-order chi connectivity index (χ1) is 10.6. The van der Waals surface area contributed by atoms with Crippen molar-refractivity contribution in [2.75, 3.05) is 33.7 Å². The van der Waals surface area contributed by atoms with E-state index in [1.807, 2.05) is 0 Å². The van der Waals surface area contributed by atoms with Gasteiger partial charge in [0.2, 0.25) is 5.91 Å². The molecule has 136 valence electrons. The Balaban J connectivity index is 0.00000484. The van der Waals surface area contributed by atoms with Crippen LogP contribution in [-0.2, 0) is 4.79 Å². The summed E-state index contributed by atoms with van der Waals surface area (Å²) in [6, 6.07) is 0. The van der Waals surface area contributed by atoms with E-state index in [0.29, 0.717) is 13.0 Å². The van der Waals surface area contributed by atoms with Crippen molar-refractivity contribution in [2.24, 2.45) is 10.9 Å². The fourth-order valence-electron chi connectivity index (χ4n) is 2.89. The molecule has 0 saturated heterocycles. The highest BCUT2D eigenvalue weighted by Gasteiger charge is 2.13. The van der Waals surface area contributed by atoms with Crippen LogP contribution in [0.15, 0.2) is 4.99 Å². The van der Waals surface area contributed by atoms with Gasteiger partial charge in [0, 0.05) is 40.2 Å². The van der Waals surface area contributed by atoms with E-state index in [-0.39, 0.29) is 29.9 Å². The molecular formula is C17H35IN4O. The molecule has 1 aliphatic rings. The van der Waals surface area contributed by atoms with Crippen LogP contribution in [0.3, 0.4) is 0 Å². The minimum atomic E-state index is 0. The van der Waals surface area contributed by atoms with E-state index in [2.05, 4.69) is 22.5 Å². The van der Waals surface area contributed by atoms with E-state index < -0.39 is 0 Å². The molecule has 0 aromatic rings. The number of hydrogen-bond acceptors (Lipinski definition) is 2. The Labute approximate surface area is 159 Å². The van der Waals surface area contributed by atoms with Gasteiger partial charge in [0.25, 0.3) is 0 Å². The van der Waals surface area contributed by atoms with Crippen molar-refractivity contribution in [1.29, 1.82) is 0 Å². The molecule has 1 saturated carbocycles. The monoisotopic (exact) mass is 438 g/mol. The zero-order valence-electron chi connectivity index (χ0n) is 15.1. The number of rotatable bonds is 9. The topological polar surface area (TPSA) is 56.7 Å². The SMILES string of the molecule is CCNC(=NCCCCC1CCCC1)NCCC(=O)N(C)C.I. The lowest BCUT2D eigenvalue weighted by Crippen LogP contribution is -2.39. The maximum atomic E-state index is 11.5. The number of amides is 1. The van der Waals surface area contributed by atoms with Crippen LogP contribution in [-0.4, -0.2) is 50.5 Å². The molecule has 2 N–H and O–H groups in total. The van der Waals surface area contributed by atoms with Gasteiger partial charge >= 0.3 is 0 Å². The minimum Gasteiger partial charge on any atom is -0.357 e. The highest BCUT2D eigenvalue weighted by Crippen LogP contribution is 2.28. The van der Waals surface area contributed by atoms with Crippen LogP contribution in [0.1, 0.15) is 58.3 Å². The fourth-order valence-corrected chi connectivity index (χ4v) is 2.89. The first-order valence-corrected chi connectivity index (χ1v) is 8.85. The smallest absolute Gasteiger partial charge is 0.223 e. The average Bonchev–Trinajstić information content (AvgIpc) is 2.99. The summed E-state index contributed by atoms with van der Waals surface area (Å²) in [6.07, 6.45) is 10.1. The van der Waals surface area contributed by atoms with Crippen molar-refractivity contribution in [3.63, 3.8) is 0 Å². The van der Waals surface area contributed by atoms with Gasteiger partial charge in [-0.3, -0.25) is 9.79 Å². The third kappa shape index (κ3) is 10.8. The van der Waals surface area contributed by atoms with E-state index in [0.717, 1.165) is 31.4 Å². The maximum absolute atomic E-state index is 11.5. The number of hydrogen-bond donors (Lipinski definition) is 2. The fraction of sp³-hybridized carbons (Fsp3) is 0.882. The Morgan fingerprint density at radius 1 is 1.17 bits per heavy atom. The molecule has 23 heavy (non-hydrogen) atoms. The van der Waals surface area contributed by atoms with Crippen molar-refractivity contribution in [2.45, 2.75) is 58.3 Å². The number of nitrogens with one attached hydrogen (secondary N) is 2. The summed E-state index contributed by atoms with van der Waals surface area (Å²) in [4.78, 5) is 17.7. The van der Waals surface area contributed by atoms with Crippen LogP contribution < -0.4 is 10.6 Å². The van der Waals surface area contributed by atoms with Crippen LogP contribution >= 0.6 is 24.0 Å². The van der Waals surface area contributed by atoms with Gasteiger partial charge in [0.15, 0.2) is 5.96 Å². The van der Waals surface area contributed by atoms with Crippen LogP contribution in [0.4, 0.5) is 0 Å². The zero-order chi connectivity index (χ0) is 16.2. The minimum absolute atomic E-state index is 0. The highest BCUT2D eigenvalue weighted by atomic mass is 127. The molecule has 0 unspecified atom stereocenters. The molecule has 0 heterocycles. The molecule has 0 radical (unpaired) electrons. The number of carbonyl (C=O) groups is 1. The molecule has 0 aromatic carbocycles. The Morgan fingerprint density at radius 2 is 1.87 bits per heavy atom. The predicted molar refractivity (Wildman–Crippen MR) is 109 cm³/mol. The summed E-state index contributed by atoms with van der Waals surface area (Å²) in [5, 5.41) is 6.46. The number of guanidine groups is 1. The second-order valence-corrected chi connectivity index (χ2v) is 6.37. The third-order valence-corrected chi connectivity index (χ3v) is 4.24. The quantitative estimate of drug-likeness (QED) is 0.252. The van der Waals surface area contributed by atoms with Crippen LogP contribution in [0, 0.1) is 5.92 Å². The van der Waals surface area contributed by atoms with E-state index in [9.17, 15) is 4.79 Å². The second kappa shape index (κ2) is 13.9. The Hall–Kier alpha value is -0.530. The molecule has 1 fully saturated rings. The molecule has 0 bridgehead atoms. The van der Waals surface area contributed by atoms with Crippen LogP contribution in [0.2, 0.25) is 0 Å². The van der Waals surface area contributed by atoms with Crippen LogP contribution in [0.25, 0.3) is 0 Å². The Morgan fingerprint density at radius 3 is 2.48 bits per heavy atom. The summed E-state index contributed by atoms with van der Waals surface area (Å²) in [5.41, 5.74) is 0. The van der Waals surface area contributed by atoms with Gasteiger partial charge in [-0.25, -0.2) is 0 Å². The number of aliphatic imine (C=N–C) groups is 1. The summed E-state index contributed by atoms with van der Waals surface area (Å²) in [5.74, 6) is 1.95. The molecule has 6 heteroatoms. The molecule has 0 aromatic heterocycles. The number of halogens is 1. The lowest BCUT2D eigenvalue weighted by Gasteiger charge is -2.13. The maximum Gasteiger partial charge on any atom is 0.223 e. The normalized spacial score (nSPS) is 15.2. The lowest BCUT2D eigenvalue weighted by atomic mass is 10.0. The summed E-state index contributed by atoms with van der Waals surface area (Å²) >= 11 is 0. The van der Waals surface area contributed by atoms with E-state index in [4.69, 9.17) is 0 Å². The second-order valence-electron chi connectivity index (χ2n) is 6.37. The lowest BCUT2D eigenvalue weighted by molar-refractivity contribution is -0.128. The number of nitrogens with zero attached hydrogens (tertiary/aromatic N) is 2. The van der Waals surface area contributed by atoms with Crippen molar-refractivity contribution in [1.82, 2.24) is 15.5 Å². The van der Waals surface area contributed by atoms with Gasteiger partial charge in [0.05, 0.1) is 0 Å². The molecular weight excluding hydrogens is 403 g/mol. The Bertz CT molecular complexity index is 341. The molecule has 1 rings (SSSR count). The van der Waals surface area contributed by atoms with Gasteiger partial charge in [-0.05, 0) is 19.3 Å². The molecule has 0 aliphatic heterocycles. The number of unbranched alkanes of at least 4 members (excludes halogenated alkanes) is 1. The van der Waals surface area contributed by atoms with Crippen LogP contribution in [0.5, 0.6) is 0 Å². The van der Waals surface area contributed by atoms with Crippen molar-refractivity contribution in [3.8, 4) is 0 Å². The standard InChI is InChI=1S/C17H34N4O.HI/c1-4-18-17(20-14-12-16(22)21(2)3)19-13-8-7-11-15-9-5-6-10-15;/h15H,4-14H2,1-3H3,(H2,18,19,20);1H. The van der Waals surface area contributed by atoms with E-state index in [1.165, 1.54) is 38.5 Å². The molecule has 0 spiro atoms. The van der Waals surface area contributed by atoms with Crippen molar-refractivity contribution >= 4 is 35.8 Å². The largest absolute Gasteiger partial charge is 0.357 e. The Kier molecular flexibility index (Phi) is 13.5. The average molecular weight is 438 g/mol. The summed E-state index contributed by atoms with van der Waals surface area (Å²) in [7, 11) is 3.57.